The Morgan fingerprint density at radius 3 is 2.17 bits per heavy atom. The van der Waals surface area contributed by atoms with E-state index < -0.39 is 28.5 Å². The van der Waals surface area contributed by atoms with Crippen LogP contribution in [0.1, 0.15) is 49.3 Å². The zero-order valence-corrected chi connectivity index (χ0v) is 22.6. The van der Waals surface area contributed by atoms with Crippen molar-refractivity contribution in [2.24, 2.45) is 0 Å². The highest BCUT2D eigenvalue weighted by molar-refractivity contribution is 7.92. The molecule has 9 heteroatoms. The minimum atomic E-state index is -3.77. The molecule has 1 fully saturated rings. The number of aryl methyl sites for hydroxylation is 2. The Labute approximate surface area is 214 Å². The van der Waals surface area contributed by atoms with Gasteiger partial charge in [0.2, 0.25) is 21.8 Å². The molecule has 0 spiro atoms. The van der Waals surface area contributed by atoms with E-state index in [1.165, 1.54) is 4.90 Å². The van der Waals surface area contributed by atoms with Gasteiger partial charge in [-0.2, -0.15) is 0 Å². The molecule has 0 heterocycles. The van der Waals surface area contributed by atoms with Crippen LogP contribution >= 0.6 is 0 Å². The van der Waals surface area contributed by atoms with E-state index in [1.807, 2.05) is 44.2 Å². The van der Waals surface area contributed by atoms with E-state index in [1.54, 1.807) is 26.2 Å². The number of para-hydroxylation sites is 1. The van der Waals surface area contributed by atoms with Crippen molar-refractivity contribution >= 4 is 27.5 Å². The number of methoxy groups -OCH3 is 1. The topological polar surface area (TPSA) is 96.0 Å². The Morgan fingerprint density at radius 1 is 1.06 bits per heavy atom. The molecule has 8 nitrogen and oxygen atoms in total. The second-order valence-corrected chi connectivity index (χ2v) is 11.5. The highest BCUT2D eigenvalue weighted by atomic mass is 32.2. The predicted octanol–water partition coefficient (Wildman–Crippen LogP) is 3.55. The van der Waals surface area contributed by atoms with Crippen LogP contribution in [0.4, 0.5) is 5.69 Å². The number of nitrogens with zero attached hydrogens (tertiary/aromatic N) is 2. The summed E-state index contributed by atoms with van der Waals surface area (Å²) < 4.78 is 32.0. The number of hydrogen-bond donors (Lipinski definition) is 1. The maximum Gasteiger partial charge on any atom is 0.244 e. The van der Waals surface area contributed by atoms with Gasteiger partial charge in [0, 0.05) is 12.6 Å². The molecule has 1 aliphatic rings. The van der Waals surface area contributed by atoms with E-state index in [9.17, 15) is 18.0 Å². The fourth-order valence-electron chi connectivity index (χ4n) is 4.68. The maximum absolute atomic E-state index is 13.7. The molecule has 0 aromatic heterocycles. The van der Waals surface area contributed by atoms with Crippen LogP contribution in [-0.4, -0.2) is 57.1 Å². The number of carbonyl (C=O) groups excluding carboxylic acids is 2. The van der Waals surface area contributed by atoms with Gasteiger partial charge in [-0.25, -0.2) is 8.42 Å². The van der Waals surface area contributed by atoms with Crippen LogP contribution in [0.15, 0.2) is 42.5 Å². The summed E-state index contributed by atoms with van der Waals surface area (Å²) in [7, 11) is -2.19. The monoisotopic (exact) mass is 515 g/mol. The highest BCUT2D eigenvalue weighted by Gasteiger charge is 2.32. The van der Waals surface area contributed by atoms with Gasteiger partial charge >= 0.3 is 0 Å². The molecule has 0 saturated heterocycles. The standard InChI is InChI=1S/C27H37N3O5S/c1-19-9-8-10-20(2)26(19)30(36(5,33)34)18-25(31)29(17-22-13-15-24(35-4)16-14-22)21(3)27(32)28-23-11-6-7-12-23/h8-10,13-16,21,23H,6-7,11-12,17-18H2,1-5H3,(H,28,32). The fourth-order valence-corrected chi connectivity index (χ4v) is 5.64. The van der Waals surface area contributed by atoms with Crippen molar-refractivity contribution in [3.8, 4) is 5.75 Å². The summed E-state index contributed by atoms with van der Waals surface area (Å²) in [5.74, 6) is -0.00311. The van der Waals surface area contributed by atoms with E-state index in [0.29, 0.717) is 11.4 Å². The van der Waals surface area contributed by atoms with Gasteiger partial charge in [0.25, 0.3) is 0 Å². The van der Waals surface area contributed by atoms with Crippen molar-refractivity contribution in [3.05, 3.63) is 59.2 Å². The van der Waals surface area contributed by atoms with Crippen molar-refractivity contribution < 1.29 is 22.7 Å². The number of nitrogens with one attached hydrogen (secondary N) is 1. The van der Waals surface area contributed by atoms with Crippen molar-refractivity contribution in [3.63, 3.8) is 0 Å². The Balaban J connectivity index is 1.91. The second-order valence-electron chi connectivity index (χ2n) is 9.55. The van der Waals surface area contributed by atoms with E-state index in [0.717, 1.165) is 52.9 Å². The predicted molar refractivity (Wildman–Crippen MR) is 142 cm³/mol. The van der Waals surface area contributed by atoms with Gasteiger partial charge in [0.15, 0.2) is 0 Å². The first-order chi connectivity index (χ1) is 17.0. The third kappa shape index (κ3) is 6.78. The van der Waals surface area contributed by atoms with Gasteiger partial charge in [-0.15, -0.1) is 0 Å². The van der Waals surface area contributed by atoms with Gasteiger partial charge in [0.1, 0.15) is 18.3 Å². The zero-order valence-electron chi connectivity index (χ0n) is 21.8. The van der Waals surface area contributed by atoms with Crippen molar-refractivity contribution in [2.75, 3.05) is 24.2 Å². The van der Waals surface area contributed by atoms with Crippen LogP contribution in [0.5, 0.6) is 5.75 Å². The van der Waals surface area contributed by atoms with Crippen molar-refractivity contribution in [1.82, 2.24) is 10.2 Å². The molecule has 0 aliphatic heterocycles. The van der Waals surface area contributed by atoms with E-state index >= 15 is 0 Å². The summed E-state index contributed by atoms with van der Waals surface area (Å²) >= 11 is 0. The van der Waals surface area contributed by atoms with E-state index in [4.69, 9.17) is 4.74 Å². The lowest BCUT2D eigenvalue weighted by atomic mass is 10.1. The molecular weight excluding hydrogens is 478 g/mol. The summed E-state index contributed by atoms with van der Waals surface area (Å²) in [6.45, 7) is 5.08. The number of carbonyl (C=O) groups is 2. The first-order valence-corrected chi connectivity index (χ1v) is 14.1. The summed E-state index contributed by atoms with van der Waals surface area (Å²) in [5, 5.41) is 3.07. The van der Waals surface area contributed by atoms with Crippen LogP contribution in [0.3, 0.4) is 0 Å². The van der Waals surface area contributed by atoms with Crippen molar-refractivity contribution in [2.45, 2.75) is 65.1 Å². The molecule has 1 saturated carbocycles. The number of ether oxygens (including phenoxy) is 1. The van der Waals surface area contributed by atoms with Gasteiger partial charge < -0.3 is 15.0 Å². The average Bonchev–Trinajstić information content (AvgIpc) is 3.34. The number of anilines is 1. The largest absolute Gasteiger partial charge is 0.497 e. The van der Waals surface area contributed by atoms with Crippen LogP contribution in [-0.2, 0) is 26.2 Å². The molecule has 1 aliphatic carbocycles. The van der Waals surface area contributed by atoms with Crippen LogP contribution in [0.25, 0.3) is 0 Å². The van der Waals surface area contributed by atoms with Crippen LogP contribution in [0, 0.1) is 13.8 Å². The third-order valence-electron chi connectivity index (χ3n) is 6.75. The quantitative estimate of drug-likeness (QED) is 0.522. The fraction of sp³-hybridized carbons (Fsp3) is 0.481. The third-order valence-corrected chi connectivity index (χ3v) is 7.86. The Kier molecular flexibility index (Phi) is 9.00. The second kappa shape index (κ2) is 11.8. The minimum Gasteiger partial charge on any atom is -0.497 e. The highest BCUT2D eigenvalue weighted by Crippen LogP contribution is 2.27. The maximum atomic E-state index is 13.7. The normalized spacial score (nSPS) is 14.8. The molecule has 2 amide bonds. The van der Waals surface area contributed by atoms with Crippen LogP contribution in [0.2, 0.25) is 0 Å². The molecule has 196 valence electrons. The minimum absolute atomic E-state index is 0.111. The summed E-state index contributed by atoms with van der Waals surface area (Å²) in [6, 6.07) is 12.1. The molecule has 0 radical (unpaired) electrons. The van der Waals surface area contributed by atoms with Crippen LogP contribution < -0.4 is 14.4 Å². The summed E-state index contributed by atoms with van der Waals surface area (Å²) in [5.41, 5.74) is 2.80. The number of hydrogen-bond acceptors (Lipinski definition) is 5. The zero-order chi connectivity index (χ0) is 26.5. The SMILES string of the molecule is COc1ccc(CN(C(=O)CN(c2c(C)cccc2C)S(C)(=O)=O)C(C)C(=O)NC2CCCC2)cc1. The molecule has 36 heavy (non-hydrogen) atoms. The average molecular weight is 516 g/mol. The van der Waals surface area contributed by atoms with Gasteiger partial charge in [-0.1, -0.05) is 43.2 Å². The first-order valence-electron chi connectivity index (χ1n) is 12.3. The Bertz CT molecular complexity index is 1150. The van der Waals surface area contributed by atoms with Crippen molar-refractivity contribution in [1.29, 1.82) is 0 Å². The molecule has 3 rings (SSSR count). The molecule has 1 atom stereocenters. The number of benzene rings is 2. The van der Waals surface area contributed by atoms with Gasteiger partial charge in [-0.05, 0) is 62.4 Å². The Hall–Kier alpha value is -3.07. The molecular formula is C27H37N3O5S. The van der Waals surface area contributed by atoms with Gasteiger partial charge in [-0.3, -0.25) is 13.9 Å². The Morgan fingerprint density at radius 2 is 1.64 bits per heavy atom. The van der Waals surface area contributed by atoms with E-state index in [2.05, 4.69) is 5.32 Å². The molecule has 2 aromatic carbocycles. The van der Waals surface area contributed by atoms with Gasteiger partial charge in [0.05, 0.1) is 19.1 Å². The molecule has 2 aromatic rings. The summed E-state index contributed by atoms with van der Waals surface area (Å²) in [6.07, 6.45) is 5.11. The lowest BCUT2D eigenvalue weighted by molar-refractivity contribution is -0.139. The first kappa shape index (κ1) is 27.5. The van der Waals surface area contributed by atoms with E-state index in [-0.39, 0.29) is 18.5 Å². The molecule has 0 bridgehead atoms. The molecule has 1 unspecified atom stereocenters. The number of rotatable bonds is 10. The lowest BCUT2D eigenvalue weighted by Crippen LogP contribution is -2.52. The number of amides is 2. The molecule has 1 N–H and O–H groups in total. The lowest BCUT2D eigenvalue weighted by Gasteiger charge is -2.33. The summed E-state index contributed by atoms with van der Waals surface area (Å²) in [4.78, 5) is 28.3. The number of sulfonamides is 1. The smallest absolute Gasteiger partial charge is 0.244 e.